The van der Waals surface area contributed by atoms with Gasteiger partial charge in [0.2, 0.25) is 6.10 Å². The van der Waals surface area contributed by atoms with E-state index in [1.807, 2.05) is 0 Å². The van der Waals surface area contributed by atoms with E-state index in [-0.39, 0.29) is 0 Å². The molecule has 0 N–H and O–H groups in total. The number of ether oxygens (including phenoxy) is 1. The highest BCUT2D eigenvalue weighted by Gasteiger charge is 2.13. The van der Waals surface area contributed by atoms with Crippen molar-refractivity contribution >= 4 is 5.97 Å². The zero-order chi connectivity index (χ0) is 5.98. The molecule has 1 atom stereocenters. The second kappa shape index (κ2) is 1.66. The van der Waals surface area contributed by atoms with Crippen molar-refractivity contribution in [3.05, 3.63) is 12.2 Å². The van der Waals surface area contributed by atoms with Crippen LogP contribution in [0, 0.1) is 11.3 Å². The summed E-state index contributed by atoms with van der Waals surface area (Å²) >= 11 is 0. The average molecular weight is 109 g/mol. The lowest BCUT2D eigenvalue weighted by Crippen LogP contribution is -2.02. The Morgan fingerprint density at radius 2 is 2.62 bits per heavy atom. The number of nitriles is 1. The summed E-state index contributed by atoms with van der Waals surface area (Å²) in [5.74, 6) is -0.434. The summed E-state index contributed by atoms with van der Waals surface area (Å²) in [5.41, 5.74) is 0. The van der Waals surface area contributed by atoms with Crippen LogP contribution in [0.4, 0.5) is 0 Å². The number of nitrogens with zero attached hydrogens (tertiary/aromatic N) is 1. The molecule has 0 aromatic heterocycles. The van der Waals surface area contributed by atoms with Crippen molar-refractivity contribution in [2.75, 3.05) is 0 Å². The van der Waals surface area contributed by atoms with Gasteiger partial charge < -0.3 is 4.74 Å². The van der Waals surface area contributed by atoms with Gasteiger partial charge in [-0.25, -0.2) is 4.79 Å². The van der Waals surface area contributed by atoms with E-state index in [1.165, 1.54) is 12.2 Å². The highest BCUT2D eigenvalue weighted by Crippen LogP contribution is 2.01. The van der Waals surface area contributed by atoms with Crippen LogP contribution in [0.1, 0.15) is 0 Å². The first kappa shape index (κ1) is 4.85. The van der Waals surface area contributed by atoms with E-state index < -0.39 is 12.1 Å². The number of hydrogen-bond acceptors (Lipinski definition) is 3. The molecule has 0 spiro atoms. The van der Waals surface area contributed by atoms with Gasteiger partial charge in [-0.15, -0.1) is 0 Å². The fourth-order valence-corrected chi connectivity index (χ4v) is 0.439. The van der Waals surface area contributed by atoms with Gasteiger partial charge in [-0.3, -0.25) is 0 Å². The molecule has 1 aliphatic rings. The molecule has 40 valence electrons. The van der Waals surface area contributed by atoms with Crippen LogP contribution in [0.2, 0.25) is 0 Å². The van der Waals surface area contributed by atoms with Crippen LogP contribution in [0.25, 0.3) is 0 Å². The number of carbonyl (C=O) groups is 1. The fraction of sp³-hybridized carbons (Fsp3) is 0.200. The van der Waals surface area contributed by atoms with Crippen LogP contribution in [0.3, 0.4) is 0 Å². The molecule has 8 heavy (non-hydrogen) atoms. The van der Waals surface area contributed by atoms with Crippen molar-refractivity contribution in [1.29, 1.82) is 5.26 Å². The van der Waals surface area contributed by atoms with Gasteiger partial charge in [0.25, 0.3) is 0 Å². The third kappa shape index (κ3) is 0.684. The first-order valence-corrected chi connectivity index (χ1v) is 2.11. The molecule has 0 radical (unpaired) electrons. The SMILES string of the molecule is N#CC1C=CC(=O)O1. The summed E-state index contributed by atoms with van der Waals surface area (Å²) < 4.78 is 4.40. The van der Waals surface area contributed by atoms with Gasteiger partial charge in [0.1, 0.15) is 6.07 Å². The predicted molar refractivity (Wildman–Crippen MR) is 24.6 cm³/mol. The number of esters is 1. The number of carbonyl (C=O) groups excluding carboxylic acids is 1. The average Bonchev–Trinajstić information content (AvgIpc) is 2.14. The first-order chi connectivity index (χ1) is 3.83. The van der Waals surface area contributed by atoms with Crippen LogP contribution >= 0.6 is 0 Å². The molecule has 0 aliphatic carbocycles. The molecular weight excluding hydrogens is 106 g/mol. The van der Waals surface area contributed by atoms with Crippen molar-refractivity contribution in [2.24, 2.45) is 0 Å². The standard InChI is InChI=1S/C5H3NO2/c6-3-4-1-2-5(7)8-4/h1-2,4H. The third-order valence-corrected chi connectivity index (χ3v) is 0.777. The van der Waals surface area contributed by atoms with Crippen LogP contribution in [0.5, 0.6) is 0 Å². The van der Waals surface area contributed by atoms with Crippen molar-refractivity contribution in [1.82, 2.24) is 0 Å². The minimum absolute atomic E-state index is 0.434. The largest absolute Gasteiger partial charge is 0.439 e. The Labute approximate surface area is 46.2 Å². The Hall–Kier alpha value is -1.30. The first-order valence-electron chi connectivity index (χ1n) is 2.11. The number of hydrogen-bond donors (Lipinski definition) is 0. The molecule has 0 bridgehead atoms. The minimum Gasteiger partial charge on any atom is -0.439 e. The van der Waals surface area contributed by atoms with E-state index in [4.69, 9.17) is 5.26 Å². The Kier molecular flexibility index (Phi) is 1.01. The van der Waals surface area contributed by atoms with E-state index in [0.29, 0.717) is 0 Å². The fourth-order valence-electron chi connectivity index (χ4n) is 0.439. The lowest BCUT2D eigenvalue weighted by atomic mass is 10.4. The molecule has 1 aliphatic heterocycles. The molecule has 0 aromatic rings. The third-order valence-electron chi connectivity index (χ3n) is 0.777. The van der Waals surface area contributed by atoms with E-state index in [9.17, 15) is 4.79 Å². The number of cyclic esters (lactones) is 1. The van der Waals surface area contributed by atoms with E-state index in [2.05, 4.69) is 4.74 Å². The van der Waals surface area contributed by atoms with Crippen molar-refractivity contribution < 1.29 is 9.53 Å². The molecule has 0 fully saturated rings. The van der Waals surface area contributed by atoms with Gasteiger partial charge in [-0.05, 0) is 6.08 Å². The Balaban J connectivity index is 2.62. The van der Waals surface area contributed by atoms with Crippen molar-refractivity contribution in [3.63, 3.8) is 0 Å². The van der Waals surface area contributed by atoms with E-state index in [0.717, 1.165) is 0 Å². The maximum Gasteiger partial charge on any atom is 0.332 e. The molecular formula is C5H3NO2. The quantitative estimate of drug-likeness (QED) is 0.411. The van der Waals surface area contributed by atoms with Gasteiger partial charge in [0.05, 0.1) is 0 Å². The molecule has 3 nitrogen and oxygen atoms in total. The maximum absolute atomic E-state index is 10.2. The lowest BCUT2D eigenvalue weighted by Gasteiger charge is -1.92. The second-order valence-corrected chi connectivity index (χ2v) is 1.35. The highest BCUT2D eigenvalue weighted by atomic mass is 16.5. The van der Waals surface area contributed by atoms with Gasteiger partial charge in [0, 0.05) is 6.08 Å². The summed E-state index contributed by atoms with van der Waals surface area (Å²) in [6, 6.07) is 1.76. The van der Waals surface area contributed by atoms with Gasteiger partial charge in [-0.2, -0.15) is 5.26 Å². The zero-order valence-electron chi connectivity index (χ0n) is 4.00. The molecule has 0 aromatic carbocycles. The molecule has 3 heteroatoms. The molecule has 1 rings (SSSR count). The molecule has 1 heterocycles. The second-order valence-electron chi connectivity index (χ2n) is 1.35. The molecule has 1 unspecified atom stereocenters. The lowest BCUT2D eigenvalue weighted by molar-refractivity contribution is -0.136. The maximum atomic E-state index is 10.2. The van der Waals surface area contributed by atoms with Crippen LogP contribution in [-0.4, -0.2) is 12.1 Å². The van der Waals surface area contributed by atoms with Crippen molar-refractivity contribution in [2.45, 2.75) is 6.10 Å². The predicted octanol–water partition coefficient (Wildman–Crippen LogP) is -0.00842. The van der Waals surface area contributed by atoms with Gasteiger partial charge in [0.15, 0.2) is 0 Å². The summed E-state index contributed by atoms with van der Waals surface area (Å²) in [7, 11) is 0. The topological polar surface area (TPSA) is 50.1 Å². The summed E-state index contributed by atoms with van der Waals surface area (Å²) in [5, 5.41) is 8.11. The Morgan fingerprint density at radius 3 is 2.88 bits per heavy atom. The van der Waals surface area contributed by atoms with Crippen molar-refractivity contribution in [3.8, 4) is 6.07 Å². The zero-order valence-corrected chi connectivity index (χ0v) is 4.00. The van der Waals surface area contributed by atoms with E-state index >= 15 is 0 Å². The van der Waals surface area contributed by atoms with Crippen LogP contribution < -0.4 is 0 Å². The summed E-state index contributed by atoms with van der Waals surface area (Å²) in [4.78, 5) is 10.2. The molecule has 0 saturated carbocycles. The summed E-state index contributed by atoms with van der Waals surface area (Å²) in [6.45, 7) is 0. The van der Waals surface area contributed by atoms with Gasteiger partial charge in [-0.1, -0.05) is 0 Å². The normalized spacial score (nSPS) is 24.9. The molecule has 0 saturated heterocycles. The van der Waals surface area contributed by atoms with E-state index in [1.54, 1.807) is 6.07 Å². The smallest absolute Gasteiger partial charge is 0.332 e. The Bertz CT molecular complexity index is 177. The van der Waals surface area contributed by atoms with Crippen LogP contribution in [-0.2, 0) is 9.53 Å². The highest BCUT2D eigenvalue weighted by molar-refractivity contribution is 5.84. The minimum atomic E-state index is -0.650. The molecule has 0 amide bonds. The number of rotatable bonds is 0. The Morgan fingerprint density at radius 1 is 1.88 bits per heavy atom. The van der Waals surface area contributed by atoms with Crippen LogP contribution in [0.15, 0.2) is 12.2 Å². The summed E-state index contributed by atoms with van der Waals surface area (Å²) in [6.07, 6.45) is 2.01. The van der Waals surface area contributed by atoms with Gasteiger partial charge >= 0.3 is 5.97 Å². The monoisotopic (exact) mass is 109 g/mol.